The van der Waals surface area contributed by atoms with Gasteiger partial charge in [-0.3, -0.25) is 9.59 Å². The number of sulfonamides is 1. The average molecular weight is 393 g/mol. The van der Waals surface area contributed by atoms with E-state index in [9.17, 15) is 18.0 Å². The topological polar surface area (TPSA) is 106 Å². The summed E-state index contributed by atoms with van der Waals surface area (Å²) in [6, 6.07) is 8.82. The Morgan fingerprint density at radius 1 is 1.11 bits per heavy atom. The number of methoxy groups -OCH3 is 1. The van der Waals surface area contributed by atoms with Crippen LogP contribution in [0.5, 0.6) is 0 Å². The molecular formula is C18H23N3O5S. The summed E-state index contributed by atoms with van der Waals surface area (Å²) in [5.74, 6) is -0.279. The largest absolute Gasteiger partial charge is 0.383 e. The summed E-state index contributed by atoms with van der Waals surface area (Å²) in [6.45, 7) is 4.03. The fraction of sp³-hybridized carbons (Fsp3) is 0.333. The number of aryl methyl sites for hydroxylation is 2. The minimum atomic E-state index is -3.62. The monoisotopic (exact) mass is 393 g/mol. The first-order chi connectivity index (χ1) is 12.7. The number of nitrogens with one attached hydrogen (secondary N) is 2. The van der Waals surface area contributed by atoms with Gasteiger partial charge in [0.25, 0.3) is 0 Å². The quantitative estimate of drug-likeness (QED) is 0.652. The van der Waals surface area contributed by atoms with Crippen LogP contribution in [0.4, 0.5) is 5.69 Å². The molecule has 0 radical (unpaired) electrons. The van der Waals surface area contributed by atoms with Crippen LogP contribution in [0.15, 0.2) is 46.1 Å². The highest BCUT2D eigenvalue weighted by molar-refractivity contribution is 7.89. The number of amides is 1. The Bertz CT molecular complexity index is 939. The molecule has 0 fully saturated rings. The summed E-state index contributed by atoms with van der Waals surface area (Å²) < 4.78 is 33.2. The van der Waals surface area contributed by atoms with Crippen molar-refractivity contribution in [3.63, 3.8) is 0 Å². The first kappa shape index (κ1) is 20.8. The molecule has 0 unspecified atom stereocenters. The Kier molecular flexibility index (Phi) is 6.89. The van der Waals surface area contributed by atoms with Crippen LogP contribution in [0.25, 0.3) is 0 Å². The molecule has 0 aliphatic heterocycles. The lowest BCUT2D eigenvalue weighted by molar-refractivity contribution is -0.116. The third-order valence-corrected chi connectivity index (χ3v) is 5.38. The number of hydrogen-bond acceptors (Lipinski definition) is 5. The molecule has 8 nitrogen and oxygen atoms in total. The van der Waals surface area contributed by atoms with Gasteiger partial charge in [-0.1, -0.05) is 0 Å². The van der Waals surface area contributed by atoms with Gasteiger partial charge in [0.15, 0.2) is 5.43 Å². The van der Waals surface area contributed by atoms with Gasteiger partial charge < -0.3 is 14.6 Å². The maximum Gasteiger partial charge on any atom is 0.244 e. The second-order valence-electron chi connectivity index (χ2n) is 6.02. The summed E-state index contributed by atoms with van der Waals surface area (Å²) in [5, 5.41) is 2.72. The predicted octanol–water partition coefficient (Wildman–Crippen LogP) is 1.03. The lowest BCUT2D eigenvalue weighted by Gasteiger charge is -2.14. The van der Waals surface area contributed by atoms with E-state index >= 15 is 0 Å². The molecule has 27 heavy (non-hydrogen) atoms. The predicted molar refractivity (Wildman–Crippen MR) is 102 cm³/mol. The maximum atomic E-state index is 12.3. The minimum Gasteiger partial charge on any atom is -0.383 e. The SMILES string of the molecule is COCCNS(=O)(=O)c1ccc(NC(=O)Cn2c(C)cc(=O)cc2C)cc1. The van der Waals surface area contributed by atoms with Crippen molar-refractivity contribution in [2.75, 3.05) is 25.6 Å². The summed E-state index contributed by atoms with van der Waals surface area (Å²) in [4.78, 5) is 23.8. The van der Waals surface area contributed by atoms with E-state index in [2.05, 4.69) is 10.0 Å². The van der Waals surface area contributed by atoms with Crippen molar-refractivity contribution in [1.82, 2.24) is 9.29 Å². The molecular weight excluding hydrogens is 370 g/mol. The number of carbonyl (C=O) groups excluding carboxylic acids is 1. The van der Waals surface area contributed by atoms with E-state index in [4.69, 9.17) is 4.74 Å². The van der Waals surface area contributed by atoms with Gasteiger partial charge in [-0.25, -0.2) is 13.1 Å². The third kappa shape index (κ3) is 5.75. The summed E-state index contributed by atoms with van der Waals surface area (Å²) in [5.41, 5.74) is 1.77. The van der Waals surface area contributed by atoms with Gasteiger partial charge in [0, 0.05) is 42.9 Å². The van der Waals surface area contributed by atoms with Gasteiger partial charge in [-0.05, 0) is 38.1 Å². The molecule has 0 aliphatic carbocycles. The van der Waals surface area contributed by atoms with Crippen LogP contribution in [0.3, 0.4) is 0 Å². The van der Waals surface area contributed by atoms with E-state index < -0.39 is 10.0 Å². The van der Waals surface area contributed by atoms with Crippen molar-refractivity contribution < 1.29 is 17.9 Å². The van der Waals surface area contributed by atoms with Gasteiger partial charge in [0.1, 0.15) is 6.54 Å². The number of hydrogen-bond donors (Lipinski definition) is 2. The zero-order valence-corrected chi connectivity index (χ0v) is 16.3. The van der Waals surface area contributed by atoms with E-state index in [-0.39, 0.29) is 35.9 Å². The summed E-state index contributed by atoms with van der Waals surface area (Å²) >= 11 is 0. The third-order valence-electron chi connectivity index (χ3n) is 3.90. The van der Waals surface area contributed by atoms with Crippen molar-refractivity contribution in [1.29, 1.82) is 0 Å². The van der Waals surface area contributed by atoms with Crippen molar-refractivity contribution in [3.05, 3.63) is 58.0 Å². The number of nitrogens with zero attached hydrogens (tertiary/aromatic N) is 1. The van der Waals surface area contributed by atoms with Crippen LogP contribution in [-0.4, -0.2) is 39.2 Å². The fourth-order valence-electron chi connectivity index (χ4n) is 2.56. The molecule has 2 rings (SSSR count). The Labute approximate surface area is 158 Å². The molecule has 1 heterocycles. The van der Waals surface area contributed by atoms with Gasteiger partial charge in [0.2, 0.25) is 15.9 Å². The van der Waals surface area contributed by atoms with Crippen LogP contribution < -0.4 is 15.5 Å². The number of benzene rings is 1. The zero-order chi connectivity index (χ0) is 20.0. The molecule has 0 bridgehead atoms. The Morgan fingerprint density at radius 2 is 1.70 bits per heavy atom. The van der Waals surface area contributed by atoms with Gasteiger partial charge in [-0.15, -0.1) is 0 Å². The molecule has 0 atom stereocenters. The molecule has 2 aromatic rings. The van der Waals surface area contributed by atoms with E-state index in [1.54, 1.807) is 18.4 Å². The Hall–Kier alpha value is -2.49. The smallest absolute Gasteiger partial charge is 0.244 e. The normalized spacial score (nSPS) is 11.4. The number of aromatic nitrogens is 1. The number of carbonyl (C=O) groups is 1. The zero-order valence-electron chi connectivity index (χ0n) is 15.5. The molecule has 1 aromatic heterocycles. The van der Waals surface area contributed by atoms with Crippen LogP contribution in [0, 0.1) is 13.8 Å². The average Bonchev–Trinajstić information content (AvgIpc) is 2.59. The molecule has 0 saturated heterocycles. The Balaban J connectivity index is 2.04. The number of pyridine rings is 1. The van der Waals surface area contributed by atoms with E-state index in [0.29, 0.717) is 17.1 Å². The molecule has 1 aromatic carbocycles. The maximum absolute atomic E-state index is 12.3. The molecule has 0 spiro atoms. The number of ether oxygens (including phenoxy) is 1. The van der Waals surface area contributed by atoms with E-state index in [0.717, 1.165) is 0 Å². The van der Waals surface area contributed by atoms with E-state index in [1.165, 1.54) is 43.5 Å². The van der Waals surface area contributed by atoms with Crippen molar-refractivity contribution in [2.24, 2.45) is 0 Å². The highest BCUT2D eigenvalue weighted by atomic mass is 32.2. The van der Waals surface area contributed by atoms with E-state index in [1.807, 2.05) is 0 Å². The lowest BCUT2D eigenvalue weighted by atomic mass is 10.2. The highest BCUT2D eigenvalue weighted by Crippen LogP contribution is 2.14. The molecule has 146 valence electrons. The second kappa shape index (κ2) is 8.94. The van der Waals surface area contributed by atoms with Crippen LogP contribution in [-0.2, 0) is 26.1 Å². The van der Waals surface area contributed by atoms with Crippen LogP contribution in [0.2, 0.25) is 0 Å². The van der Waals surface area contributed by atoms with Gasteiger partial charge in [-0.2, -0.15) is 0 Å². The first-order valence-corrected chi connectivity index (χ1v) is 9.78. The van der Waals surface area contributed by atoms with Gasteiger partial charge in [0.05, 0.1) is 11.5 Å². The summed E-state index contributed by atoms with van der Waals surface area (Å²) in [7, 11) is -2.13. The minimum absolute atomic E-state index is 0.0522. The van der Waals surface area contributed by atoms with Gasteiger partial charge >= 0.3 is 0 Å². The lowest BCUT2D eigenvalue weighted by Crippen LogP contribution is -2.27. The number of rotatable bonds is 8. The number of anilines is 1. The first-order valence-electron chi connectivity index (χ1n) is 8.29. The standard InChI is InChI=1S/C18H23N3O5S/c1-13-10-16(22)11-14(2)21(13)12-18(23)20-15-4-6-17(7-5-15)27(24,25)19-8-9-26-3/h4-7,10-11,19H,8-9,12H2,1-3H3,(H,20,23). The molecule has 0 saturated carbocycles. The van der Waals surface area contributed by atoms with Crippen molar-refractivity contribution in [3.8, 4) is 0 Å². The highest BCUT2D eigenvalue weighted by Gasteiger charge is 2.13. The van der Waals surface area contributed by atoms with Crippen LogP contribution >= 0.6 is 0 Å². The molecule has 1 amide bonds. The fourth-order valence-corrected chi connectivity index (χ4v) is 3.57. The van der Waals surface area contributed by atoms with Crippen molar-refractivity contribution >= 4 is 21.6 Å². The molecule has 2 N–H and O–H groups in total. The van der Waals surface area contributed by atoms with Crippen molar-refractivity contribution in [2.45, 2.75) is 25.3 Å². The Morgan fingerprint density at radius 3 is 2.26 bits per heavy atom. The molecule has 0 aliphatic rings. The molecule has 9 heteroatoms. The second-order valence-corrected chi connectivity index (χ2v) is 7.79. The van der Waals surface area contributed by atoms with Crippen LogP contribution in [0.1, 0.15) is 11.4 Å². The summed E-state index contributed by atoms with van der Waals surface area (Å²) in [6.07, 6.45) is 0.